The summed E-state index contributed by atoms with van der Waals surface area (Å²) in [5, 5.41) is 0. The molecule has 1 saturated carbocycles. The van der Waals surface area contributed by atoms with Crippen LogP contribution in [-0.4, -0.2) is 104 Å². The highest BCUT2D eigenvalue weighted by Crippen LogP contribution is 2.50. The molecule has 1 N–H and O–H groups in total. The molecule has 1 aliphatic carbocycles. The van der Waals surface area contributed by atoms with Crippen LogP contribution in [0.3, 0.4) is 0 Å². The molecule has 7 aromatic rings. The third kappa shape index (κ3) is 35.6. The first-order valence-corrected chi connectivity index (χ1v) is 44.5. The number of unbranched alkanes of at least 4 members (excludes halogenated alkanes) is 24. The highest BCUT2D eigenvalue weighted by molar-refractivity contribution is 7.47. The van der Waals surface area contributed by atoms with E-state index in [1.807, 2.05) is 212 Å². The molecule has 622 valence electrons. The smallest absolute Gasteiger partial charge is 0.462 e. The predicted octanol–water partition coefficient (Wildman–Crippen LogP) is 22.1. The maximum atomic E-state index is 15.7. The van der Waals surface area contributed by atoms with E-state index in [-0.39, 0.29) is 72.1 Å². The summed E-state index contributed by atoms with van der Waals surface area (Å²) >= 11 is 0. The Kier molecular flexibility index (Phi) is 44.0. The number of phosphoric acid groups is 1. The monoisotopic (exact) mass is 1590 g/mol. The summed E-state index contributed by atoms with van der Waals surface area (Å²) in [6, 6.07) is 68.4. The van der Waals surface area contributed by atoms with Crippen molar-refractivity contribution in [2.75, 3.05) is 19.8 Å². The molecule has 7 aromatic carbocycles. The first-order valence-electron chi connectivity index (χ1n) is 43.0. The Bertz CT molecular complexity index is 3630. The van der Waals surface area contributed by atoms with Crippen LogP contribution in [0.25, 0.3) is 0 Å². The predicted molar refractivity (Wildman–Crippen MR) is 446 cm³/mol. The van der Waals surface area contributed by atoms with Gasteiger partial charge in [0.05, 0.1) is 65.6 Å². The van der Waals surface area contributed by atoms with Gasteiger partial charge in [-0.05, 0) is 51.8 Å². The van der Waals surface area contributed by atoms with Crippen molar-refractivity contribution in [2.24, 2.45) is 0 Å². The number of carbonyl (C=O) groups is 2. The van der Waals surface area contributed by atoms with Gasteiger partial charge in [0.2, 0.25) is 0 Å². The fourth-order valence-electron chi connectivity index (χ4n) is 14.9. The second kappa shape index (κ2) is 55.0. The molecule has 9 rings (SSSR count). The van der Waals surface area contributed by atoms with Gasteiger partial charge in [-0.3, -0.25) is 18.6 Å². The zero-order chi connectivity index (χ0) is 79.6. The lowest BCUT2D eigenvalue weighted by atomic mass is 9.83. The molecule has 0 aromatic heterocycles. The maximum absolute atomic E-state index is 15.7. The number of ether oxygens (including phenoxy) is 11. The number of esters is 2. The second-order valence-electron chi connectivity index (χ2n) is 30.7. The zero-order valence-corrected chi connectivity index (χ0v) is 69.0. The fourth-order valence-corrected chi connectivity index (χ4v) is 15.8. The number of benzene rings is 7. The van der Waals surface area contributed by atoms with Gasteiger partial charge in [0.25, 0.3) is 0 Å². The number of phosphoric ester groups is 1. The average molecular weight is 1590 g/mol. The molecule has 17 nitrogen and oxygen atoms in total. The quantitative estimate of drug-likeness (QED) is 0.0215. The third-order valence-corrected chi connectivity index (χ3v) is 22.2. The molecule has 0 radical (unpaired) electrons. The van der Waals surface area contributed by atoms with Crippen LogP contribution in [0, 0.1) is 0 Å². The molecule has 1 unspecified atom stereocenters. The zero-order valence-electron chi connectivity index (χ0n) is 68.1. The van der Waals surface area contributed by atoms with Crippen molar-refractivity contribution in [1.82, 2.24) is 0 Å². The molecule has 2 fully saturated rings. The van der Waals surface area contributed by atoms with Crippen molar-refractivity contribution in [2.45, 2.75) is 314 Å². The summed E-state index contributed by atoms with van der Waals surface area (Å²) in [6.45, 7) is 4.23. The van der Waals surface area contributed by atoms with Gasteiger partial charge in [-0.1, -0.05) is 380 Å². The van der Waals surface area contributed by atoms with Crippen LogP contribution in [0.4, 0.5) is 0 Å². The van der Waals surface area contributed by atoms with E-state index in [0.717, 1.165) is 83.9 Å². The first kappa shape index (κ1) is 91.1. The van der Waals surface area contributed by atoms with Crippen molar-refractivity contribution in [1.29, 1.82) is 0 Å². The lowest BCUT2D eigenvalue weighted by Crippen LogP contribution is -2.68. The topological polar surface area (TPSA) is 191 Å². The SMILES string of the molecule is CCCCCCCCCCCCCCCC(=O)OC[C@H](COP(=O)(O)O[C@@H]1[C@H](OCc2ccccc2)[C@H](OCc2ccccc2)[C@@H](OCc2ccccc2)[C@H](OCc2ccccc2)[C@H]1O[C@@H]1C[C@@H](OCc2ccccc2)[C@H](OCc2ccccc2)[C@@H](COCc2ccccc2)O1)OC(=O)CCCCCCCCCCCCCCC. The highest BCUT2D eigenvalue weighted by Gasteiger charge is 2.58. The van der Waals surface area contributed by atoms with Crippen molar-refractivity contribution in [3.05, 3.63) is 251 Å². The van der Waals surface area contributed by atoms with Crippen molar-refractivity contribution in [3.8, 4) is 0 Å². The molecule has 1 heterocycles. The average Bonchev–Trinajstić information content (AvgIpc) is 0.753. The summed E-state index contributed by atoms with van der Waals surface area (Å²) in [4.78, 5) is 40.4. The Morgan fingerprint density at radius 3 is 1.04 bits per heavy atom. The minimum Gasteiger partial charge on any atom is -0.462 e. The van der Waals surface area contributed by atoms with E-state index in [0.29, 0.717) is 12.8 Å². The number of hydrogen-bond acceptors (Lipinski definition) is 16. The molecule has 12 atom stereocenters. The summed E-state index contributed by atoms with van der Waals surface area (Å²) in [5.41, 5.74) is 6.11. The van der Waals surface area contributed by atoms with Gasteiger partial charge in [0.1, 0.15) is 55.4 Å². The van der Waals surface area contributed by atoms with E-state index in [1.54, 1.807) is 0 Å². The van der Waals surface area contributed by atoms with E-state index in [2.05, 4.69) is 13.8 Å². The Hall–Kier alpha value is -6.77. The lowest BCUT2D eigenvalue weighted by molar-refractivity contribution is -0.332. The Morgan fingerprint density at radius 1 is 0.368 bits per heavy atom. The molecular weight excluding hydrogens is 1460 g/mol. The van der Waals surface area contributed by atoms with Gasteiger partial charge in [0.15, 0.2) is 12.4 Å². The van der Waals surface area contributed by atoms with Gasteiger partial charge >= 0.3 is 19.8 Å². The molecule has 0 spiro atoms. The number of carbonyl (C=O) groups excluding carboxylic acids is 2. The van der Waals surface area contributed by atoms with Crippen molar-refractivity contribution < 1.29 is 80.2 Å². The largest absolute Gasteiger partial charge is 0.472 e. The number of rotatable bonds is 60. The standard InChI is InChI=1S/C96H131O17P/c1-3-5-7-9-11-13-15-17-19-21-23-25-48-64-87(97)103-74-84(110-88(98)65-49-26-24-22-20-18-16-14-12-10-8-6-4-2)75-109-114(99,100)113-96-94(108-73-83-62-46-33-47-63-83)92(106-71-81-58-42-31-43-59-81)91(105-70-80-56-40-30-41-57-80)93(107-72-82-60-44-32-45-61-82)95(96)112-89-66-85(102-68-78-52-36-28-37-53-78)90(104-69-79-54-38-29-39-55-79)86(111-89)76-101-67-77-50-34-27-35-51-77/h27-47,50-63,84-86,89-96H,3-26,48-49,64-76H2,1-2H3,(H,99,100)/t84-,85-,86-,89-,90+,91-,92-,93+,94-,95-,96-/m1/s1. The summed E-state index contributed by atoms with van der Waals surface area (Å²) < 4.78 is 105. The van der Waals surface area contributed by atoms with Crippen LogP contribution in [0.5, 0.6) is 0 Å². The van der Waals surface area contributed by atoms with Crippen LogP contribution in [0.2, 0.25) is 0 Å². The fraction of sp³-hybridized carbons (Fsp3) is 0.542. The first-order chi connectivity index (χ1) is 56.1. The molecule has 2 aliphatic rings. The summed E-state index contributed by atoms with van der Waals surface area (Å²) in [6.07, 6.45) is 17.8. The van der Waals surface area contributed by atoms with E-state index in [9.17, 15) is 14.5 Å². The molecular formula is C96H131O17P. The minimum atomic E-state index is -5.42. The molecule has 1 aliphatic heterocycles. The highest BCUT2D eigenvalue weighted by atomic mass is 31.2. The Labute approximate surface area is 681 Å². The Balaban J connectivity index is 1.03. The molecule has 18 heteroatoms. The van der Waals surface area contributed by atoms with Gasteiger partial charge in [0, 0.05) is 19.3 Å². The van der Waals surface area contributed by atoms with Crippen LogP contribution >= 0.6 is 7.82 Å². The minimum absolute atomic E-state index is 0.0155. The van der Waals surface area contributed by atoms with Crippen LogP contribution in [-0.2, 0) is 122 Å². The van der Waals surface area contributed by atoms with Crippen LogP contribution in [0.1, 0.15) is 239 Å². The van der Waals surface area contributed by atoms with E-state index < -0.39 is 100 Å². The van der Waals surface area contributed by atoms with Gasteiger partial charge in [-0.2, -0.15) is 0 Å². The van der Waals surface area contributed by atoms with E-state index >= 15 is 4.57 Å². The third-order valence-electron chi connectivity index (χ3n) is 21.2. The normalized spacial score (nSPS) is 20.4. The summed E-state index contributed by atoms with van der Waals surface area (Å²) in [5.74, 6) is -1.01. The van der Waals surface area contributed by atoms with Crippen molar-refractivity contribution in [3.63, 3.8) is 0 Å². The van der Waals surface area contributed by atoms with Crippen LogP contribution in [0.15, 0.2) is 212 Å². The lowest BCUT2D eigenvalue weighted by Gasteiger charge is -2.51. The van der Waals surface area contributed by atoms with Crippen molar-refractivity contribution >= 4 is 19.8 Å². The molecule has 114 heavy (non-hydrogen) atoms. The maximum Gasteiger partial charge on any atom is 0.472 e. The molecule has 0 bridgehead atoms. The second-order valence-corrected chi connectivity index (χ2v) is 32.1. The molecule has 1 saturated heterocycles. The van der Waals surface area contributed by atoms with Gasteiger partial charge in [-0.25, -0.2) is 4.57 Å². The van der Waals surface area contributed by atoms with Gasteiger partial charge < -0.3 is 57.0 Å². The van der Waals surface area contributed by atoms with E-state index in [1.165, 1.54) is 109 Å². The van der Waals surface area contributed by atoms with Crippen LogP contribution < -0.4 is 0 Å². The van der Waals surface area contributed by atoms with E-state index in [4.69, 9.17) is 61.2 Å². The Morgan fingerprint density at radius 2 is 0.675 bits per heavy atom. The summed E-state index contributed by atoms with van der Waals surface area (Å²) in [7, 11) is -5.42. The van der Waals surface area contributed by atoms with Gasteiger partial charge in [-0.15, -0.1) is 0 Å². The number of hydrogen-bond donors (Lipinski definition) is 1. The molecule has 0 amide bonds.